The molecule has 1 aromatic rings. The molecule has 1 aliphatic heterocycles. The minimum atomic E-state index is -0.353. The number of nitrogens with zero attached hydrogens (tertiary/aromatic N) is 2. The van der Waals surface area contributed by atoms with Crippen molar-refractivity contribution in [3.05, 3.63) is 11.1 Å². The molecule has 0 aliphatic carbocycles. The minimum absolute atomic E-state index is 0.353. The van der Waals surface area contributed by atoms with E-state index in [-0.39, 0.29) is 5.97 Å². The smallest absolute Gasteiger partial charge is 0.357 e. The van der Waals surface area contributed by atoms with Gasteiger partial charge < -0.3 is 9.64 Å². The van der Waals surface area contributed by atoms with Crippen LogP contribution in [-0.2, 0) is 4.74 Å². The van der Waals surface area contributed by atoms with Crippen molar-refractivity contribution in [2.45, 2.75) is 19.8 Å². The van der Waals surface area contributed by atoms with Gasteiger partial charge in [-0.3, -0.25) is 0 Å². The van der Waals surface area contributed by atoms with E-state index in [2.05, 4.69) is 21.5 Å². The molecule has 1 unspecified atom stereocenters. The number of rotatable bonds is 3. The van der Waals surface area contributed by atoms with Crippen molar-refractivity contribution in [3.8, 4) is 0 Å². The Morgan fingerprint density at radius 2 is 2.56 bits per heavy atom. The van der Waals surface area contributed by atoms with Crippen molar-refractivity contribution in [2.75, 3.05) is 25.1 Å². The predicted octanol–water partition coefficient (Wildman–Crippen LogP) is 2.17. The van der Waals surface area contributed by atoms with Gasteiger partial charge in [-0.05, 0) is 12.3 Å². The molecule has 0 saturated carbocycles. The van der Waals surface area contributed by atoms with Crippen molar-refractivity contribution in [1.82, 2.24) is 4.98 Å². The van der Waals surface area contributed by atoms with Gasteiger partial charge in [0.15, 0.2) is 10.8 Å². The molecule has 1 fully saturated rings. The van der Waals surface area contributed by atoms with Crippen LogP contribution in [0.1, 0.15) is 30.3 Å². The quantitative estimate of drug-likeness (QED) is 0.759. The fourth-order valence-electron chi connectivity index (χ4n) is 1.95. The van der Waals surface area contributed by atoms with E-state index in [1.165, 1.54) is 31.3 Å². The maximum absolute atomic E-state index is 11.3. The van der Waals surface area contributed by atoms with Gasteiger partial charge in [0.25, 0.3) is 0 Å². The fourth-order valence-corrected chi connectivity index (χ4v) is 2.78. The average molecular weight is 240 g/mol. The van der Waals surface area contributed by atoms with E-state index < -0.39 is 0 Å². The van der Waals surface area contributed by atoms with E-state index in [1.807, 2.05) is 0 Å². The van der Waals surface area contributed by atoms with Gasteiger partial charge in [0.05, 0.1) is 7.11 Å². The monoisotopic (exact) mass is 240 g/mol. The van der Waals surface area contributed by atoms with Crippen LogP contribution in [0, 0.1) is 5.92 Å². The van der Waals surface area contributed by atoms with Gasteiger partial charge in [0.1, 0.15) is 0 Å². The first kappa shape index (κ1) is 11.4. The van der Waals surface area contributed by atoms with Crippen molar-refractivity contribution in [2.24, 2.45) is 5.92 Å². The van der Waals surface area contributed by atoms with Crippen LogP contribution in [-0.4, -0.2) is 31.2 Å². The Hall–Kier alpha value is -1.10. The molecule has 4 nitrogen and oxygen atoms in total. The van der Waals surface area contributed by atoms with Gasteiger partial charge in [0.2, 0.25) is 0 Å². The summed E-state index contributed by atoms with van der Waals surface area (Å²) in [5, 5.41) is 2.71. The summed E-state index contributed by atoms with van der Waals surface area (Å²) in [6.07, 6.45) is 2.44. The van der Waals surface area contributed by atoms with E-state index in [9.17, 15) is 4.79 Å². The Morgan fingerprint density at radius 3 is 3.19 bits per heavy atom. The minimum Gasteiger partial charge on any atom is -0.464 e. The molecule has 0 amide bonds. The molecule has 1 aromatic heterocycles. The standard InChI is InChI=1S/C11H16N2O2S/c1-3-8-4-5-13(6-8)11-12-9(7-16-11)10(14)15-2/h7-8H,3-6H2,1-2H3. The molecule has 1 aliphatic rings. The van der Waals surface area contributed by atoms with Crippen LogP contribution in [0.25, 0.3) is 0 Å². The Morgan fingerprint density at radius 1 is 1.75 bits per heavy atom. The summed E-state index contributed by atoms with van der Waals surface area (Å²) in [5.41, 5.74) is 0.419. The third-order valence-corrected chi connectivity index (χ3v) is 3.92. The highest BCUT2D eigenvalue weighted by atomic mass is 32.1. The van der Waals surface area contributed by atoms with Gasteiger partial charge in [0, 0.05) is 18.5 Å². The van der Waals surface area contributed by atoms with E-state index >= 15 is 0 Å². The summed E-state index contributed by atoms with van der Waals surface area (Å²) in [5.74, 6) is 0.416. The number of hydrogen-bond acceptors (Lipinski definition) is 5. The third kappa shape index (κ3) is 2.19. The van der Waals surface area contributed by atoms with Crippen molar-refractivity contribution in [1.29, 1.82) is 0 Å². The lowest BCUT2D eigenvalue weighted by molar-refractivity contribution is 0.0595. The number of aromatic nitrogens is 1. The van der Waals surface area contributed by atoms with E-state index in [0.717, 1.165) is 24.1 Å². The number of thiazole rings is 1. The zero-order valence-electron chi connectivity index (χ0n) is 9.60. The maximum Gasteiger partial charge on any atom is 0.357 e. The van der Waals surface area contributed by atoms with Crippen molar-refractivity contribution >= 4 is 22.4 Å². The van der Waals surface area contributed by atoms with Gasteiger partial charge in [-0.2, -0.15) is 0 Å². The second-order valence-electron chi connectivity index (χ2n) is 4.02. The van der Waals surface area contributed by atoms with Crippen LogP contribution in [0.5, 0.6) is 0 Å². The molecule has 0 radical (unpaired) electrons. The topological polar surface area (TPSA) is 42.4 Å². The maximum atomic E-state index is 11.3. The lowest BCUT2D eigenvalue weighted by atomic mass is 10.1. The lowest BCUT2D eigenvalue weighted by Gasteiger charge is -2.13. The number of hydrogen-bond donors (Lipinski definition) is 0. The molecule has 0 N–H and O–H groups in total. The first-order valence-corrected chi connectivity index (χ1v) is 6.41. The molecule has 88 valence electrons. The first-order valence-electron chi connectivity index (χ1n) is 5.53. The van der Waals surface area contributed by atoms with Crippen LogP contribution in [0.3, 0.4) is 0 Å². The Balaban J connectivity index is 2.05. The Labute approximate surface area is 99.2 Å². The van der Waals surface area contributed by atoms with E-state index in [1.54, 1.807) is 5.38 Å². The normalized spacial score (nSPS) is 20.1. The van der Waals surface area contributed by atoms with Crippen LogP contribution in [0.4, 0.5) is 5.13 Å². The summed E-state index contributed by atoms with van der Waals surface area (Å²) in [4.78, 5) is 17.8. The van der Waals surface area contributed by atoms with Crippen LogP contribution in [0.2, 0.25) is 0 Å². The molecule has 1 saturated heterocycles. The van der Waals surface area contributed by atoms with E-state index in [0.29, 0.717) is 5.69 Å². The largest absolute Gasteiger partial charge is 0.464 e. The summed E-state index contributed by atoms with van der Waals surface area (Å²) >= 11 is 1.52. The van der Waals surface area contributed by atoms with Gasteiger partial charge in [-0.15, -0.1) is 11.3 Å². The van der Waals surface area contributed by atoms with E-state index in [4.69, 9.17) is 0 Å². The number of esters is 1. The number of carbonyl (C=O) groups is 1. The third-order valence-electron chi connectivity index (χ3n) is 3.02. The summed E-state index contributed by atoms with van der Waals surface area (Å²) in [6.45, 7) is 4.33. The first-order chi connectivity index (χ1) is 7.74. The highest BCUT2D eigenvalue weighted by Gasteiger charge is 2.24. The molecule has 5 heteroatoms. The molecule has 0 spiro atoms. The summed E-state index contributed by atoms with van der Waals surface area (Å²) in [7, 11) is 1.38. The molecule has 2 rings (SSSR count). The zero-order valence-corrected chi connectivity index (χ0v) is 10.4. The molecular formula is C11H16N2O2S. The second-order valence-corrected chi connectivity index (χ2v) is 4.85. The molecule has 16 heavy (non-hydrogen) atoms. The van der Waals surface area contributed by atoms with Gasteiger partial charge >= 0.3 is 5.97 Å². The number of anilines is 1. The second kappa shape index (κ2) is 4.82. The van der Waals surface area contributed by atoms with Crippen molar-refractivity contribution in [3.63, 3.8) is 0 Å². The fraction of sp³-hybridized carbons (Fsp3) is 0.636. The molecule has 1 atom stereocenters. The number of carbonyl (C=O) groups excluding carboxylic acids is 1. The molecular weight excluding hydrogens is 224 g/mol. The van der Waals surface area contributed by atoms with Crippen LogP contribution < -0.4 is 4.90 Å². The Kier molecular flexibility index (Phi) is 3.43. The number of ether oxygens (including phenoxy) is 1. The van der Waals surface area contributed by atoms with Crippen LogP contribution >= 0.6 is 11.3 Å². The molecule has 2 heterocycles. The summed E-state index contributed by atoms with van der Waals surface area (Å²) < 4.78 is 4.64. The lowest BCUT2D eigenvalue weighted by Crippen LogP contribution is -2.19. The molecule has 0 aromatic carbocycles. The highest BCUT2D eigenvalue weighted by Crippen LogP contribution is 2.28. The SMILES string of the molecule is CCC1CCN(c2nc(C(=O)OC)cs2)C1. The van der Waals surface area contributed by atoms with Crippen LogP contribution in [0.15, 0.2) is 5.38 Å². The predicted molar refractivity (Wildman–Crippen MR) is 64.1 cm³/mol. The van der Waals surface area contributed by atoms with Gasteiger partial charge in [-0.1, -0.05) is 13.3 Å². The number of methoxy groups -OCH3 is 1. The average Bonchev–Trinajstić information content (AvgIpc) is 2.95. The Bertz CT molecular complexity index is 378. The van der Waals surface area contributed by atoms with Crippen molar-refractivity contribution < 1.29 is 9.53 Å². The zero-order chi connectivity index (χ0) is 11.5. The summed E-state index contributed by atoms with van der Waals surface area (Å²) in [6, 6.07) is 0. The van der Waals surface area contributed by atoms with Gasteiger partial charge in [-0.25, -0.2) is 9.78 Å². The highest BCUT2D eigenvalue weighted by molar-refractivity contribution is 7.13. The molecule has 0 bridgehead atoms.